The van der Waals surface area contributed by atoms with Crippen LogP contribution >= 0.6 is 0 Å². The molecule has 0 aliphatic carbocycles. The molecule has 0 saturated carbocycles. The molecule has 2 aromatic carbocycles. The summed E-state index contributed by atoms with van der Waals surface area (Å²) in [7, 11) is 0. The third-order valence-corrected chi connectivity index (χ3v) is 7.61. The molecule has 3 atom stereocenters. The lowest BCUT2D eigenvalue weighted by molar-refractivity contribution is 0.262. The molecule has 190 valence electrons. The lowest BCUT2D eigenvalue weighted by Gasteiger charge is -2.19. The van der Waals surface area contributed by atoms with E-state index in [2.05, 4.69) is 67.9 Å². The van der Waals surface area contributed by atoms with Crippen LogP contribution in [0.2, 0.25) is 0 Å². The number of carbonyl (C=O) groups is 1. The maximum absolute atomic E-state index is 12.9. The number of urea groups is 1. The van der Waals surface area contributed by atoms with Gasteiger partial charge in [0.15, 0.2) is 0 Å². The predicted molar refractivity (Wildman–Crippen MR) is 147 cm³/mol. The largest absolute Gasteiger partial charge is 0.324 e. The van der Waals surface area contributed by atoms with Gasteiger partial charge in [-0.1, -0.05) is 50.6 Å². The molecule has 6 nitrogen and oxygen atoms in total. The fourth-order valence-electron chi connectivity index (χ4n) is 5.51. The molecule has 36 heavy (non-hydrogen) atoms. The molecule has 2 fully saturated rings. The van der Waals surface area contributed by atoms with Gasteiger partial charge < -0.3 is 10.6 Å². The molecule has 2 bridgehead atoms. The zero-order chi connectivity index (χ0) is 25.3. The quantitative estimate of drug-likeness (QED) is 0.382. The molecule has 2 saturated heterocycles. The number of nitrogens with zero attached hydrogens (tertiary/aromatic N) is 2. The Morgan fingerprint density at radius 1 is 0.972 bits per heavy atom. The van der Waals surface area contributed by atoms with Gasteiger partial charge in [0.05, 0.1) is 11.4 Å². The smallest absolute Gasteiger partial charge is 0.311 e. The standard InChI is InChI=1S/C30H39N5O/c1-20-5-15-26(16-6-20)35-28(19-27(34-35)30(2,3)4)33-29(36)32-24-10-7-21(8-11-24)17-22-9-12-23-13-14-25(18-22)31-23/h5-8,10-11,15-16,19,22-23,25,31H,9,12-14,17-18H2,1-4H3,(H2,32,33,36). The second kappa shape index (κ2) is 10.1. The normalized spacial score (nSPS) is 21.7. The first-order valence-corrected chi connectivity index (χ1v) is 13.3. The third kappa shape index (κ3) is 5.81. The van der Waals surface area contributed by atoms with E-state index in [1.807, 2.05) is 30.3 Å². The average molecular weight is 486 g/mol. The molecule has 2 aliphatic heterocycles. The summed E-state index contributed by atoms with van der Waals surface area (Å²) in [6.07, 6.45) is 7.69. The highest BCUT2D eigenvalue weighted by molar-refractivity contribution is 5.99. The van der Waals surface area contributed by atoms with Gasteiger partial charge in [0.2, 0.25) is 0 Å². The Balaban J connectivity index is 1.24. The molecule has 5 rings (SSSR count). The Morgan fingerprint density at radius 3 is 2.39 bits per heavy atom. The van der Waals surface area contributed by atoms with Crippen molar-refractivity contribution >= 4 is 17.5 Å². The predicted octanol–water partition coefficient (Wildman–Crippen LogP) is 6.59. The maximum Gasteiger partial charge on any atom is 0.324 e. The Morgan fingerprint density at radius 2 is 1.67 bits per heavy atom. The van der Waals surface area contributed by atoms with E-state index < -0.39 is 0 Å². The van der Waals surface area contributed by atoms with Gasteiger partial charge in [-0.3, -0.25) is 5.32 Å². The number of amides is 2. The van der Waals surface area contributed by atoms with Gasteiger partial charge in [0.25, 0.3) is 0 Å². The molecule has 0 spiro atoms. The highest BCUT2D eigenvalue weighted by atomic mass is 16.2. The summed E-state index contributed by atoms with van der Waals surface area (Å²) in [6, 6.07) is 19.6. The number of rotatable bonds is 5. The average Bonchev–Trinajstić information content (AvgIpc) is 3.40. The number of aromatic nitrogens is 2. The Bertz CT molecular complexity index is 1190. The van der Waals surface area contributed by atoms with E-state index in [1.165, 1.54) is 43.2 Å². The van der Waals surface area contributed by atoms with Crippen LogP contribution < -0.4 is 16.0 Å². The van der Waals surface area contributed by atoms with Gasteiger partial charge in [0.1, 0.15) is 5.82 Å². The van der Waals surface area contributed by atoms with Gasteiger partial charge in [-0.25, -0.2) is 9.48 Å². The fraction of sp³-hybridized carbons (Fsp3) is 0.467. The summed E-state index contributed by atoms with van der Waals surface area (Å²) >= 11 is 0. The summed E-state index contributed by atoms with van der Waals surface area (Å²) in [5, 5.41) is 14.6. The third-order valence-electron chi connectivity index (χ3n) is 7.61. The Hall–Kier alpha value is -3.12. The number of fused-ring (bicyclic) bond motifs is 2. The summed E-state index contributed by atoms with van der Waals surface area (Å²) in [4.78, 5) is 12.9. The molecule has 2 amide bonds. The van der Waals surface area contributed by atoms with Crippen molar-refractivity contribution in [3.63, 3.8) is 0 Å². The number of carbonyl (C=O) groups excluding carboxylic acids is 1. The summed E-state index contributed by atoms with van der Waals surface area (Å²) in [5.41, 5.74) is 5.01. The highest BCUT2D eigenvalue weighted by Gasteiger charge is 2.30. The van der Waals surface area contributed by atoms with Crippen LogP contribution in [0.15, 0.2) is 54.6 Å². The monoisotopic (exact) mass is 485 g/mol. The number of anilines is 2. The van der Waals surface area contributed by atoms with Crippen LogP contribution in [0.5, 0.6) is 0 Å². The van der Waals surface area contributed by atoms with Gasteiger partial charge in [-0.2, -0.15) is 5.10 Å². The van der Waals surface area contributed by atoms with E-state index >= 15 is 0 Å². The van der Waals surface area contributed by atoms with Crippen LogP contribution in [0.4, 0.5) is 16.3 Å². The highest BCUT2D eigenvalue weighted by Crippen LogP contribution is 2.31. The second-order valence-corrected chi connectivity index (χ2v) is 11.7. The van der Waals surface area contributed by atoms with E-state index in [9.17, 15) is 4.79 Å². The maximum atomic E-state index is 12.9. The van der Waals surface area contributed by atoms with Crippen LogP contribution in [0, 0.1) is 12.8 Å². The van der Waals surface area contributed by atoms with Crippen molar-refractivity contribution in [2.75, 3.05) is 10.6 Å². The number of benzene rings is 2. The SMILES string of the molecule is Cc1ccc(-n2nc(C(C)(C)C)cc2NC(=O)Nc2ccc(CC3CCC4CCC(C3)N4)cc2)cc1. The number of aryl methyl sites for hydroxylation is 1. The van der Waals surface area contributed by atoms with Gasteiger partial charge in [-0.15, -0.1) is 0 Å². The molecule has 2 aliphatic rings. The van der Waals surface area contributed by atoms with E-state index in [0.29, 0.717) is 11.9 Å². The van der Waals surface area contributed by atoms with Crippen molar-refractivity contribution in [1.29, 1.82) is 0 Å². The minimum absolute atomic E-state index is 0.133. The van der Waals surface area contributed by atoms with E-state index in [1.54, 1.807) is 4.68 Å². The van der Waals surface area contributed by atoms with Crippen LogP contribution in [0.3, 0.4) is 0 Å². The molecule has 3 unspecified atom stereocenters. The fourth-order valence-corrected chi connectivity index (χ4v) is 5.51. The first-order chi connectivity index (χ1) is 17.2. The van der Waals surface area contributed by atoms with Gasteiger partial charge >= 0.3 is 6.03 Å². The van der Waals surface area contributed by atoms with Gasteiger partial charge in [-0.05, 0) is 81.2 Å². The molecule has 1 aromatic heterocycles. The Labute approximate surface area is 214 Å². The zero-order valence-corrected chi connectivity index (χ0v) is 22.0. The van der Waals surface area contributed by atoms with Crippen molar-refractivity contribution in [3.8, 4) is 5.69 Å². The first kappa shape index (κ1) is 24.6. The number of nitrogens with one attached hydrogen (secondary N) is 3. The van der Waals surface area contributed by atoms with Crippen molar-refractivity contribution in [2.24, 2.45) is 5.92 Å². The van der Waals surface area contributed by atoms with Crippen LogP contribution in [-0.2, 0) is 11.8 Å². The topological polar surface area (TPSA) is 71.0 Å². The molecule has 3 aromatic rings. The minimum Gasteiger partial charge on any atom is -0.311 e. The van der Waals surface area contributed by atoms with Crippen LogP contribution in [0.25, 0.3) is 5.69 Å². The molecule has 3 heterocycles. The molecule has 6 heteroatoms. The lowest BCUT2D eigenvalue weighted by Crippen LogP contribution is -2.27. The number of hydrogen-bond donors (Lipinski definition) is 3. The van der Waals surface area contributed by atoms with Gasteiger partial charge in [0, 0.05) is 29.3 Å². The van der Waals surface area contributed by atoms with E-state index in [0.717, 1.165) is 35.4 Å². The molecular weight excluding hydrogens is 446 g/mol. The van der Waals surface area contributed by atoms with Crippen molar-refractivity contribution in [2.45, 2.75) is 83.7 Å². The van der Waals surface area contributed by atoms with Crippen LogP contribution in [-0.4, -0.2) is 27.9 Å². The Kier molecular flexibility index (Phi) is 6.89. The second-order valence-electron chi connectivity index (χ2n) is 11.7. The lowest BCUT2D eigenvalue weighted by atomic mass is 9.86. The summed E-state index contributed by atoms with van der Waals surface area (Å²) in [6.45, 7) is 8.42. The number of hydrogen-bond acceptors (Lipinski definition) is 3. The van der Waals surface area contributed by atoms with E-state index in [4.69, 9.17) is 5.10 Å². The van der Waals surface area contributed by atoms with Crippen molar-refractivity contribution < 1.29 is 4.79 Å². The van der Waals surface area contributed by atoms with E-state index in [-0.39, 0.29) is 11.4 Å². The molecule has 3 N–H and O–H groups in total. The zero-order valence-electron chi connectivity index (χ0n) is 22.0. The first-order valence-electron chi connectivity index (χ1n) is 13.3. The van der Waals surface area contributed by atoms with Crippen molar-refractivity contribution in [3.05, 3.63) is 71.4 Å². The molecule has 0 radical (unpaired) electrons. The molecular formula is C30H39N5O. The van der Waals surface area contributed by atoms with Crippen molar-refractivity contribution in [1.82, 2.24) is 15.1 Å². The summed E-state index contributed by atoms with van der Waals surface area (Å²) in [5.74, 6) is 1.39. The van der Waals surface area contributed by atoms with Crippen LogP contribution in [0.1, 0.15) is 69.7 Å². The minimum atomic E-state index is -0.276. The summed E-state index contributed by atoms with van der Waals surface area (Å²) < 4.78 is 1.80.